The number of morpholine rings is 1. The number of amides is 1. The topological polar surface area (TPSA) is 50.4 Å². The van der Waals surface area contributed by atoms with Crippen molar-refractivity contribution in [3.05, 3.63) is 0 Å². The van der Waals surface area contributed by atoms with Crippen molar-refractivity contribution in [3.63, 3.8) is 0 Å². The van der Waals surface area contributed by atoms with E-state index in [4.69, 9.17) is 4.74 Å². The van der Waals surface area contributed by atoms with Gasteiger partial charge >= 0.3 is 0 Å². The van der Waals surface area contributed by atoms with Gasteiger partial charge in [-0.15, -0.1) is 0 Å². The highest BCUT2D eigenvalue weighted by atomic mass is 16.5. The highest BCUT2D eigenvalue weighted by molar-refractivity contribution is 5.77. The Morgan fingerprint density at radius 1 is 1.35 bits per heavy atom. The summed E-state index contributed by atoms with van der Waals surface area (Å²) in [5.41, 5.74) is 0. The minimum atomic E-state index is 0.200. The normalized spacial score (nSPS) is 40.5. The molecule has 4 heteroatoms. The Kier molecular flexibility index (Phi) is 3.34. The van der Waals surface area contributed by atoms with Crippen molar-refractivity contribution in [2.75, 3.05) is 19.8 Å². The molecule has 4 unspecified atom stereocenters. The molecule has 1 amide bonds. The highest BCUT2D eigenvalue weighted by Crippen LogP contribution is 2.44. The second-order valence-electron chi connectivity index (χ2n) is 5.78. The minimum Gasteiger partial charge on any atom is -0.378 e. The van der Waals surface area contributed by atoms with Crippen LogP contribution in [0.1, 0.15) is 32.1 Å². The summed E-state index contributed by atoms with van der Waals surface area (Å²) in [4.78, 5) is 11.9. The lowest BCUT2D eigenvalue weighted by Crippen LogP contribution is -2.46. The maximum atomic E-state index is 11.9. The second-order valence-corrected chi connectivity index (χ2v) is 5.78. The van der Waals surface area contributed by atoms with Crippen LogP contribution in [0.5, 0.6) is 0 Å². The Morgan fingerprint density at radius 3 is 2.94 bits per heavy atom. The van der Waals surface area contributed by atoms with Crippen LogP contribution < -0.4 is 10.6 Å². The van der Waals surface area contributed by atoms with E-state index in [2.05, 4.69) is 10.6 Å². The van der Waals surface area contributed by atoms with Crippen molar-refractivity contribution in [2.45, 2.75) is 44.2 Å². The molecular weight excluding hydrogens is 216 g/mol. The molecule has 2 N–H and O–H groups in total. The molecule has 0 aromatic carbocycles. The smallest absolute Gasteiger partial charge is 0.221 e. The number of rotatable bonds is 3. The first-order valence-electron chi connectivity index (χ1n) is 6.92. The zero-order valence-electron chi connectivity index (χ0n) is 10.3. The first kappa shape index (κ1) is 11.5. The van der Waals surface area contributed by atoms with E-state index >= 15 is 0 Å². The molecule has 0 radical (unpaired) electrons. The lowest BCUT2D eigenvalue weighted by molar-refractivity contribution is -0.123. The zero-order valence-corrected chi connectivity index (χ0v) is 10.3. The third kappa shape index (κ3) is 2.63. The molecule has 17 heavy (non-hydrogen) atoms. The van der Waals surface area contributed by atoms with Gasteiger partial charge in [0, 0.05) is 25.0 Å². The van der Waals surface area contributed by atoms with Gasteiger partial charge in [0.25, 0.3) is 0 Å². The number of hydrogen-bond donors (Lipinski definition) is 2. The predicted octanol–water partition coefficient (Wildman–Crippen LogP) is 0.670. The standard InChI is InChI=1S/C13H22N2O2/c16-13(7-11-8-17-4-3-14-11)15-12-6-9-1-2-10(12)5-9/h9-12,14H,1-8H2,(H,15,16). The molecule has 0 spiro atoms. The molecule has 2 saturated carbocycles. The Bertz CT molecular complexity index is 289. The van der Waals surface area contributed by atoms with E-state index in [1.165, 1.54) is 25.7 Å². The van der Waals surface area contributed by atoms with Gasteiger partial charge in [-0.1, -0.05) is 6.42 Å². The van der Waals surface area contributed by atoms with Crippen LogP contribution in [0.3, 0.4) is 0 Å². The summed E-state index contributed by atoms with van der Waals surface area (Å²) < 4.78 is 5.36. The summed E-state index contributed by atoms with van der Waals surface area (Å²) >= 11 is 0. The third-order valence-corrected chi connectivity index (χ3v) is 4.51. The van der Waals surface area contributed by atoms with Crippen LogP contribution in [0.4, 0.5) is 0 Å². The van der Waals surface area contributed by atoms with E-state index in [1.54, 1.807) is 0 Å². The Balaban J connectivity index is 1.44. The minimum absolute atomic E-state index is 0.200. The molecule has 0 aromatic heterocycles. The Hall–Kier alpha value is -0.610. The second kappa shape index (κ2) is 4.94. The number of carbonyl (C=O) groups excluding carboxylic acids is 1. The van der Waals surface area contributed by atoms with E-state index in [0.29, 0.717) is 19.1 Å². The van der Waals surface area contributed by atoms with Crippen LogP contribution in [0, 0.1) is 11.8 Å². The molecule has 3 fully saturated rings. The average molecular weight is 238 g/mol. The fraction of sp³-hybridized carbons (Fsp3) is 0.923. The van der Waals surface area contributed by atoms with Crippen molar-refractivity contribution in [1.29, 1.82) is 0 Å². The lowest BCUT2D eigenvalue weighted by Gasteiger charge is -2.26. The molecule has 1 heterocycles. The van der Waals surface area contributed by atoms with Crippen molar-refractivity contribution in [2.24, 2.45) is 11.8 Å². The molecule has 96 valence electrons. The monoisotopic (exact) mass is 238 g/mol. The molecule has 1 aliphatic heterocycles. The number of nitrogens with one attached hydrogen (secondary N) is 2. The summed E-state index contributed by atoms with van der Waals surface area (Å²) in [5.74, 6) is 1.85. The highest BCUT2D eigenvalue weighted by Gasteiger charge is 2.40. The summed E-state index contributed by atoms with van der Waals surface area (Å²) in [6.45, 7) is 2.31. The molecule has 3 aliphatic rings. The summed E-state index contributed by atoms with van der Waals surface area (Å²) in [5, 5.41) is 6.55. The Labute approximate surface area is 102 Å². The molecule has 4 nitrogen and oxygen atoms in total. The molecule has 2 bridgehead atoms. The van der Waals surface area contributed by atoms with Gasteiger partial charge in [0.05, 0.1) is 13.2 Å². The fourth-order valence-corrected chi connectivity index (χ4v) is 3.66. The van der Waals surface area contributed by atoms with Crippen LogP contribution in [-0.4, -0.2) is 37.7 Å². The molecule has 1 saturated heterocycles. The van der Waals surface area contributed by atoms with Crippen molar-refractivity contribution < 1.29 is 9.53 Å². The van der Waals surface area contributed by atoms with E-state index in [1.807, 2.05) is 0 Å². The molecular formula is C13H22N2O2. The molecule has 0 aromatic rings. The number of ether oxygens (including phenoxy) is 1. The number of fused-ring (bicyclic) bond motifs is 2. The van der Waals surface area contributed by atoms with Crippen LogP contribution in [0.25, 0.3) is 0 Å². The summed E-state index contributed by atoms with van der Waals surface area (Å²) in [7, 11) is 0. The van der Waals surface area contributed by atoms with Gasteiger partial charge in [0.2, 0.25) is 5.91 Å². The van der Waals surface area contributed by atoms with E-state index in [-0.39, 0.29) is 11.9 Å². The van der Waals surface area contributed by atoms with Crippen LogP contribution in [0.2, 0.25) is 0 Å². The number of hydrogen-bond acceptors (Lipinski definition) is 3. The van der Waals surface area contributed by atoms with Crippen LogP contribution in [0.15, 0.2) is 0 Å². The Morgan fingerprint density at radius 2 is 2.29 bits per heavy atom. The third-order valence-electron chi connectivity index (χ3n) is 4.51. The maximum absolute atomic E-state index is 11.9. The van der Waals surface area contributed by atoms with Gasteiger partial charge in [-0.3, -0.25) is 4.79 Å². The molecule has 2 aliphatic carbocycles. The van der Waals surface area contributed by atoms with E-state index < -0.39 is 0 Å². The average Bonchev–Trinajstić information content (AvgIpc) is 2.92. The number of carbonyl (C=O) groups is 1. The zero-order chi connectivity index (χ0) is 11.7. The van der Waals surface area contributed by atoms with Gasteiger partial charge in [0.15, 0.2) is 0 Å². The predicted molar refractivity (Wildman–Crippen MR) is 64.6 cm³/mol. The van der Waals surface area contributed by atoms with Gasteiger partial charge in [-0.25, -0.2) is 0 Å². The quantitative estimate of drug-likeness (QED) is 0.760. The fourth-order valence-electron chi connectivity index (χ4n) is 3.66. The van der Waals surface area contributed by atoms with Crippen LogP contribution >= 0.6 is 0 Å². The van der Waals surface area contributed by atoms with Gasteiger partial charge in [-0.2, -0.15) is 0 Å². The SMILES string of the molecule is O=C(CC1COCCN1)NC1CC2CCC1C2. The van der Waals surface area contributed by atoms with Gasteiger partial charge in [-0.05, 0) is 31.1 Å². The molecule has 3 rings (SSSR count). The summed E-state index contributed by atoms with van der Waals surface area (Å²) in [6.07, 6.45) is 5.82. The van der Waals surface area contributed by atoms with Gasteiger partial charge in [0.1, 0.15) is 0 Å². The first-order valence-corrected chi connectivity index (χ1v) is 6.92. The maximum Gasteiger partial charge on any atom is 0.221 e. The van der Waals surface area contributed by atoms with Gasteiger partial charge < -0.3 is 15.4 Å². The van der Waals surface area contributed by atoms with E-state index in [9.17, 15) is 4.79 Å². The van der Waals surface area contributed by atoms with E-state index in [0.717, 1.165) is 25.0 Å². The van der Waals surface area contributed by atoms with Crippen molar-refractivity contribution in [1.82, 2.24) is 10.6 Å². The largest absolute Gasteiger partial charge is 0.378 e. The van der Waals surface area contributed by atoms with Crippen molar-refractivity contribution >= 4 is 5.91 Å². The first-order chi connectivity index (χ1) is 8.31. The van der Waals surface area contributed by atoms with Crippen LogP contribution in [-0.2, 0) is 9.53 Å². The molecule has 4 atom stereocenters. The summed E-state index contributed by atoms with van der Waals surface area (Å²) in [6, 6.07) is 0.674. The lowest BCUT2D eigenvalue weighted by atomic mass is 9.95. The van der Waals surface area contributed by atoms with Crippen molar-refractivity contribution in [3.8, 4) is 0 Å².